The first kappa shape index (κ1) is 36.4. The number of carbonyl (C=O) groups excluding carboxylic acids is 3. The molecule has 0 aromatic carbocycles. The van der Waals surface area contributed by atoms with Gasteiger partial charge in [0, 0.05) is 12.0 Å². The van der Waals surface area contributed by atoms with Gasteiger partial charge in [0.2, 0.25) is 11.8 Å². The highest BCUT2D eigenvalue weighted by Gasteiger charge is 2.34. The third kappa shape index (κ3) is 12.3. The molecule has 1 aliphatic heterocycles. The van der Waals surface area contributed by atoms with Crippen molar-refractivity contribution in [2.75, 3.05) is 6.54 Å². The Hall–Kier alpha value is -2.16. The van der Waals surface area contributed by atoms with Crippen molar-refractivity contribution < 1.29 is 24.3 Å². The van der Waals surface area contributed by atoms with E-state index in [0.717, 1.165) is 0 Å². The van der Waals surface area contributed by atoms with Crippen molar-refractivity contribution in [2.45, 2.75) is 120 Å². The second-order valence-corrected chi connectivity index (χ2v) is 8.31. The fraction of sp³-hybridized carbons (Fsp3) is 0.840. The van der Waals surface area contributed by atoms with Crippen LogP contribution in [0.3, 0.4) is 0 Å². The number of nitrogens with one attached hydrogen (secondary N) is 3. The average Bonchev–Trinajstić information content (AvgIpc) is 2.85. The molecule has 1 heterocycles. The Bertz CT molecular complexity index is 608. The van der Waals surface area contributed by atoms with Gasteiger partial charge in [0.25, 0.3) is 5.91 Å². The average molecular weight is 489 g/mol. The Morgan fingerprint density at radius 1 is 1.00 bits per heavy atom. The van der Waals surface area contributed by atoms with E-state index in [1.54, 1.807) is 6.92 Å². The van der Waals surface area contributed by atoms with Gasteiger partial charge in [-0.2, -0.15) is 0 Å². The van der Waals surface area contributed by atoms with Gasteiger partial charge in [-0.25, -0.2) is 5.43 Å². The van der Waals surface area contributed by atoms with E-state index in [0.29, 0.717) is 25.8 Å². The maximum atomic E-state index is 12.7. The third-order valence-corrected chi connectivity index (χ3v) is 5.21. The van der Waals surface area contributed by atoms with Gasteiger partial charge in [-0.15, -0.1) is 0 Å². The third-order valence-electron chi connectivity index (χ3n) is 5.21. The Kier molecular flexibility index (Phi) is 20.5. The molecule has 1 fully saturated rings. The highest BCUT2D eigenvalue weighted by Crippen LogP contribution is 2.20. The minimum atomic E-state index is -1.02. The molecule has 0 aromatic heterocycles. The van der Waals surface area contributed by atoms with E-state index >= 15 is 0 Å². The summed E-state index contributed by atoms with van der Waals surface area (Å²) >= 11 is 0. The molecule has 1 saturated heterocycles. The number of hydrogen-bond acceptors (Lipinski definition) is 5. The van der Waals surface area contributed by atoms with E-state index in [9.17, 15) is 19.2 Å². The largest absolute Gasteiger partial charge is 0.480 e. The van der Waals surface area contributed by atoms with Crippen LogP contribution in [0.2, 0.25) is 0 Å². The summed E-state index contributed by atoms with van der Waals surface area (Å²) in [6.07, 6.45) is 1.63. The number of carboxylic acid groups (broad SMARTS) is 1. The summed E-state index contributed by atoms with van der Waals surface area (Å²) in [5, 5.41) is 15.8. The van der Waals surface area contributed by atoms with Gasteiger partial charge in [0.1, 0.15) is 18.1 Å². The van der Waals surface area contributed by atoms with Crippen molar-refractivity contribution in [3.8, 4) is 0 Å². The standard InChI is InChI=1S/C19H34N4O5.3C2H6/c1-7-19(5,6)18(28)21-14(11(2)3)15(24)20-12(4)16(25)23-10-8-9-13(22-23)17(26)27;3*1-2/h11-14,22H,7-10H2,1-6H3,(H,20,24)(H,21,28)(H,26,27);3*1-2H3/t12-,13?,14?;;;/m0.../s1. The summed E-state index contributed by atoms with van der Waals surface area (Å²) < 4.78 is 0. The number of carboxylic acids is 1. The van der Waals surface area contributed by atoms with Gasteiger partial charge in [-0.3, -0.25) is 24.2 Å². The molecule has 4 N–H and O–H groups in total. The van der Waals surface area contributed by atoms with Crippen LogP contribution in [0.5, 0.6) is 0 Å². The van der Waals surface area contributed by atoms with Gasteiger partial charge in [0.05, 0.1) is 0 Å². The molecule has 9 heteroatoms. The molecule has 2 unspecified atom stereocenters. The number of hydrazine groups is 1. The molecule has 3 atom stereocenters. The van der Waals surface area contributed by atoms with E-state index in [1.807, 2.05) is 76.2 Å². The van der Waals surface area contributed by atoms with Crippen LogP contribution in [0, 0.1) is 11.3 Å². The monoisotopic (exact) mass is 488 g/mol. The molecule has 3 amide bonds. The lowest BCUT2D eigenvalue weighted by Crippen LogP contribution is -2.61. The van der Waals surface area contributed by atoms with Crippen LogP contribution in [0.15, 0.2) is 0 Å². The molecule has 0 saturated carbocycles. The maximum Gasteiger partial charge on any atom is 0.322 e. The number of rotatable bonds is 8. The smallest absolute Gasteiger partial charge is 0.322 e. The molecule has 34 heavy (non-hydrogen) atoms. The van der Waals surface area contributed by atoms with Gasteiger partial charge >= 0.3 is 5.97 Å². The predicted octanol–water partition coefficient (Wildman–Crippen LogP) is 3.73. The van der Waals surface area contributed by atoms with Gasteiger partial charge in [0.15, 0.2) is 0 Å². The summed E-state index contributed by atoms with van der Waals surface area (Å²) in [5.74, 6) is -2.26. The molecule has 0 aliphatic carbocycles. The van der Waals surface area contributed by atoms with Crippen LogP contribution in [0.25, 0.3) is 0 Å². The minimum Gasteiger partial charge on any atom is -0.480 e. The summed E-state index contributed by atoms with van der Waals surface area (Å²) in [6, 6.07) is -2.45. The lowest BCUT2D eigenvalue weighted by Gasteiger charge is -2.34. The van der Waals surface area contributed by atoms with Crippen molar-refractivity contribution >= 4 is 23.7 Å². The number of nitrogens with zero attached hydrogens (tertiary/aromatic N) is 1. The van der Waals surface area contributed by atoms with Crippen LogP contribution in [0.1, 0.15) is 102 Å². The van der Waals surface area contributed by atoms with E-state index < -0.39 is 41.3 Å². The molecule has 0 aromatic rings. The fourth-order valence-electron chi connectivity index (χ4n) is 2.75. The predicted molar refractivity (Wildman–Crippen MR) is 138 cm³/mol. The topological polar surface area (TPSA) is 128 Å². The molecule has 0 spiro atoms. The molecular formula is C25H52N4O5. The normalized spacial score (nSPS) is 16.7. The minimum absolute atomic E-state index is 0.164. The Morgan fingerprint density at radius 3 is 1.91 bits per heavy atom. The van der Waals surface area contributed by atoms with Crippen LogP contribution >= 0.6 is 0 Å². The van der Waals surface area contributed by atoms with Crippen molar-refractivity contribution in [1.29, 1.82) is 0 Å². The van der Waals surface area contributed by atoms with E-state index in [1.165, 1.54) is 5.01 Å². The highest BCUT2D eigenvalue weighted by molar-refractivity contribution is 5.93. The highest BCUT2D eigenvalue weighted by atomic mass is 16.4. The van der Waals surface area contributed by atoms with Crippen LogP contribution in [0.4, 0.5) is 0 Å². The van der Waals surface area contributed by atoms with Crippen molar-refractivity contribution in [3.05, 3.63) is 0 Å². The van der Waals surface area contributed by atoms with E-state index in [4.69, 9.17) is 5.11 Å². The Morgan fingerprint density at radius 2 is 1.50 bits per heavy atom. The maximum absolute atomic E-state index is 12.7. The first-order valence-corrected chi connectivity index (χ1v) is 12.8. The van der Waals surface area contributed by atoms with Crippen LogP contribution < -0.4 is 16.1 Å². The van der Waals surface area contributed by atoms with Gasteiger partial charge < -0.3 is 15.7 Å². The molecule has 9 nitrogen and oxygen atoms in total. The van der Waals surface area contributed by atoms with Gasteiger partial charge in [-0.05, 0) is 32.1 Å². The molecule has 0 bridgehead atoms. The second kappa shape index (κ2) is 19.2. The zero-order valence-corrected chi connectivity index (χ0v) is 23.7. The summed E-state index contributed by atoms with van der Waals surface area (Å²) in [4.78, 5) is 48.9. The SMILES string of the molecule is CC.CC.CC.CCC(C)(C)C(=O)NC(C(=O)N[C@@H](C)C(=O)N1CCCC(C(=O)O)N1)C(C)C. The second-order valence-electron chi connectivity index (χ2n) is 8.31. The van der Waals surface area contributed by atoms with Crippen molar-refractivity contribution in [1.82, 2.24) is 21.1 Å². The Balaban J connectivity index is -0.00000148. The first-order chi connectivity index (χ1) is 15.9. The molecule has 202 valence electrons. The first-order valence-electron chi connectivity index (χ1n) is 12.8. The summed E-state index contributed by atoms with van der Waals surface area (Å²) in [7, 11) is 0. The lowest BCUT2D eigenvalue weighted by molar-refractivity contribution is -0.148. The van der Waals surface area contributed by atoms with Crippen LogP contribution in [-0.2, 0) is 19.2 Å². The lowest BCUT2D eigenvalue weighted by atomic mass is 9.88. The number of hydrogen-bond donors (Lipinski definition) is 4. The zero-order chi connectivity index (χ0) is 27.6. The summed E-state index contributed by atoms with van der Waals surface area (Å²) in [5.41, 5.74) is 2.08. The quantitative estimate of drug-likeness (QED) is 0.412. The molecule has 1 rings (SSSR count). The zero-order valence-electron chi connectivity index (χ0n) is 23.7. The fourth-order valence-corrected chi connectivity index (χ4v) is 2.75. The van der Waals surface area contributed by atoms with Crippen molar-refractivity contribution in [2.24, 2.45) is 11.3 Å². The number of carbonyl (C=O) groups is 4. The summed E-state index contributed by atoms with van der Waals surface area (Å²) in [6.45, 7) is 23.1. The number of amides is 3. The molecule has 0 radical (unpaired) electrons. The molecule has 1 aliphatic rings. The van der Waals surface area contributed by atoms with Gasteiger partial charge in [-0.1, -0.05) is 76.2 Å². The Labute approximate surface area is 207 Å². The van der Waals surface area contributed by atoms with E-state index in [-0.39, 0.29) is 11.8 Å². The van der Waals surface area contributed by atoms with E-state index in [2.05, 4.69) is 16.1 Å². The van der Waals surface area contributed by atoms with Crippen LogP contribution in [-0.4, -0.2) is 58.5 Å². The van der Waals surface area contributed by atoms with Crippen molar-refractivity contribution in [3.63, 3.8) is 0 Å². The number of aliphatic carboxylic acids is 1. The molecular weight excluding hydrogens is 436 g/mol.